The monoisotopic (exact) mass is 378 g/mol. The summed E-state index contributed by atoms with van der Waals surface area (Å²) in [4.78, 5) is 35.9. The van der Waals surface area contributed by atoms with Gasteiger partial charge in [-0.15, -0.1) is 0 Å². The molecule has 2 N–H and O–H groups in total. The van der Waals surface area contributed by atoms with Crippen LogP contribution in [0, 0.1) is 5.41 Å². The van der Waals surface area contributed by atoms with Crippen LogP contribution in [-0.2, 0) is 14.3 Å². The van der Waals surface area contributed by atoms with Crippen molar-refractivity contribution in [3.63, 3.8) is 0 Å². The van der Waals surface area contributed by atoms with Crippen molar-refractivity contribution < 1.29 is 23.9 Å². The van der Waals surface area contributed by atoms with Crippen LogP contribution < -0.4 is 15.4 Å². The summed E-state index contributed by atoms with van der Waals surface area (Å²) in [5.41, 5.74) is -0.0507. The first-order valence-corrected chi connectivity index (χ1v) is 8.81. The molecule has 0 bridgehead atoms. The van der Waals surface area contributed by atoms with E-state index < -0.39 is 24.0 Å². The highest BCUT2D eigenvalue weighted by Crippen LogP contribution is 2.26. The van der Waals surface area contributed by atoms with Crippen LogP contribution in [0.25, 0.3) is 0 Å². The average molecular weight is 378 g/mol. The maximum atomic E-state index is 12.1. The predicted octanol–water partition coefficient (Wildman–Crippen LogP) is 2.30. The molecule has 0 aliphatic heterocycles. The van der Waals surface area contributed by atoms with E-state index in [0.29, 0.717) is 11.3 Å². The van der Waals surface area contributed by atoms with E-state index in [-0.39, 0.29) is 17.9 Å². The van der Waals surface area contributed by atoms with E-state index in [1.807, 2.05) is 13.8 Å². The molecule has 150 valence electrons. The van der Waals surface area contributed by atoms with Gasteiger partial charge in [-0.1, -0.05) is 32.9 Å². The van der Waals surface area contributed by atoms with Crippen molar-refractivity contribution in [1.82, 2.24) is 10.6 Å². The Morgan fingerprint density at radius 3 is 2.26 bits per heavy atom. The van der Waals surface area contributed by atoms with E-state index in [0.717, 1.165) is 6.42 Å². The van der Waals surface area contributed by atoms with Crippen LogP contribution in [0.4, 0.5) is 0 Å². The number of benzene rings is 1. The summed E-state index contributed by atoms with van der Waals surface area (Å²) >= 11 is 0. The second-order valence-electron chi connectivity index (χ2n) is 8.21. The molecule has 0 atom stereocenters. The summed E-state index contributed by atoms with van der Waals surface area (Å²) in [7, 11) is 1.46. The highest BCUT2D eigenvalue weighted by atomic mass is 16.5. The fourth-order valence-electron chi connectivity index (χ4n) is 3.06. The summed E-state index contributed by atoms with van der Waals surface area (Å²) in [5, 5.41) is 5.31. The summed E-state index contributed by atoms with van der Waals surface area (Å²) in [6.07, 6.45) is 0.772. The minimum absolute atomic E-state index is 0.0518. The number of carbonyl (C=O) groups excluding carboxylic acids is 3. The molecule has 1 aromatic carbocycles. The van der Waals surface area contributed by atoms with Gasteiger partial charge in [-0.25, -0.2) is 0 Å². The highest BCUT2D eigenvalue weighted by Gasteiger charge is 2.27. The van der Waals surface area contributed by atoms with Crippen LogP contribution in [0.15, 0.2) is 24.3 Å². The van der Waals surface area contributed by atoms with E-state index in [4.69, 9.17) is 9.47 Å². The molecule has 2 amide bonds. The van der Waals surface area contributed by atoms with Crippen LogP contribution in [-0.4, -0.2) is 43.6 Å². The first-order valence-electron chi connectivity index (χ1n) is 8.81. The molecule has 27 heavy (non-hydrogen) atoms. The lowest BCUT2D eigenvalue weighted by Gasteiger charge is -2.33. The summed E-state index contributed by atoms with van der Waals surface area (Å²) in [6.45, 7) is 9.38. The number of ether oxygens (including phenoxy) is 2. The highest BCUT2D eigenvalue weighted by molar-refractivity contribution is 5.98. The Labute approximate surface area is 160 Å². The summed E-state index contributed by atoms with van der Waals surface area (Å²) in [6, 6.07) is 6.67. The number of para-hydroxylation sites is 1. The molecule has 0 spiro atoms. The van der Waals surface area contributed by atoms with Gasteiger partial charge in [0.25, 0.3) is 11.8 Å². The quantitative estimate of drug-likeness (QED) is 0.677. The van der Waals surface area contributed by atoms with Gasteiger partial charge in [0.05, 0.1) is 12.7 Å². The third-order valence-electron chi connectivity index (χ3n) is 3.56. The van der Waals surface area contributed by atoms with Crippen LogP contribution in [0.1, 0.15) is 51.4 Å². The number of carbonyl (C=O) groups is 3. The van der Waals surface area contributed by atoms with Gasteiger partial charge in [0.15, 0.2) is 6.61 Å². The van der Waals surface area contributed by atoms with Crippen molar-refractivity contribution in [2.24, 2.45) is 5.41 Å². The van der Waals surface area contributed by atoms with Crippen LogP contribution in [0.5, 0.6) is 5.75 Å². The Morgan fingerprint density at radius 2 is 1.67 bits per heavy atom. The SMILES string of the molecule is COc1ccccc1C(=O)NCC(=O)OCC(=O)NC(C)(C)CC(C)(C)C. The van der Waals surface area contributed by atoms with E-state index in [2.05, 4.69) is 31.4 Å². The van der Waals surface area contributed by atoms with Gasteiger partial charge in [0, 0.05) is 5.54 Å². The molecule has 0 saturated heterocycles. The molecule has 0 aromatic heterocycles. The number of rotatable bonds is 8. The molecule has 0 radical (unpaired) electrons. The number of nitrogens with one attached hydrogen (secondary N) is 2. The van der Waals surface area contributed by atoms with E-state index >= 15 is 0 Å². The number of amides is 2. The Hall–Kier alpha value is -2.57. The van der Waals surface area contributed by atoms with Crippen LogP contribution >= 0.6 is 0 Å². The Kier molecular flexibility index (Phi) is 7.82. The van der Waals surface area contributed by atoms with Crippen molar-refractivity contribution in [1.29, 1.82) is 0 Å². The minimum atomic E-state index is -0.693. The molecule has 0 fully saturated rings. The van der Waals surface area contributed by atoms with Crippen molar-refractivity contribution >= 4 is 17.8 Å². The number of methoxy groups -OCH3 is 1. The average Bonchev–Trinajstić information content (AvgIpc) is 2.55. The molecule has 1 aromatic rings. The zero-order valence-corrected chi connectivity index (χ0v) is 17.0. The van der Waals surface area contributed by atoms with Gasteiger partial charge >= 0.3 is 5.97 Å². The number of hydrogen-bond donors (Lipinski definition) is 2. The fraction of sp³-hybridized carbons (Fsp3) is 0.550. The molecular weight excluding hydrogens is 348 g/mol. The molecule has 0 saturated carbocycles. The Balaban J connectivity index is 2.43. The number of esters is 1. The van der Waals surface area contributed by atoms with Crippen LogP contribution in [0.2, 0.25) is 0 Å². The maximum Gasteiger partial charge on any atom is 0.325 e. The standard InChI is InChI=1S/C20H30N2O5/c1-19(2,3)13-20(4,5)22-16(23)12-27-17(24)11-21-18(25)14-9-7-8-10-15(14)26-6/h7-10H,11-13H2,1-6H3,(H,21,25)(H,22,23). The van der Waals surface area contributed by atoms with Crippen molar-refractivity contribution in [2.45, 2.75) is 46.6 Å². The second-order valence-corrected chi connectivity index (χ2v) is 8.21. The third kappa shape index (κ3) is 8.57. The topological polar surface area (TPSA) is 93.7 Å². The first kappa shape index (κ1) is 22.5. The molecule has 0 aliphatic carbocycles. The van der Waals surface area contributed by atoms with Gasteiger partial charge in [0.2, 0.25) is 0 Å². The lowest BCUT2D eigenvalue weighted by Crippen LogP contribution is -2.47. The molecule has 7 nitrogen and oxygen atoms in total. The fourth-order valence-corrected chi connectivity index (χ4v) is 3.06. The first-order chi connectivity index (χ1) is 12.4. The zero-order chi connectivity index (χ0) is 20.7. The van der Waals surface area contributed by atoms with Gasteiger partial charge in [0.1, 0.15) is 12.3 Å². The van der Waals surface area contributed by atoms with Crippen LogP contribution in [0.3, 0.4) is 0 Å². The number of hydrogen-bond acceptors (Lipinski definition) is 5. The van der Waals surface area contributed by atoms with E-state index in [1.165, 1.54) is 7.11 Å². The minimum Gasteiger partial charge on any atom is -0.496 e. The lowest BCUT2D eigenvalue weighted by molar-refractivity contribution is -0.148. The molecule has 0 unspecified atom stereocenters. The van der Waals surface area contributed by atoms with Gasteiger partial charge in [-0.05, 0) is 37.8 Å². The molecular formula is C20H30N2O5. The molecule has 7 heteroatoms. The predicted molar refractivity (Wildman–Crippen MR) is 103 cm³/mol. The van der Waals surface area contributed by atoms with E-state index in [1.54, 1.807) is 24.3 Å². The Morgan fingerprint density at radius 1 is 1.04 bits per heavy atom. The van der Waals surface area contributed by atoms with Gasteiger partial charge in [-0.2, -0.15) is 0 Å². The summed E-state index contributed by atoms with van der Waals surface area (Å²) in [5.74, 6) is -1.13. The van der Waals surface area contributed by atoms with Crippen molar-refractivity contribution in [3.05, 3.63) is 29.8 Å². The lowest BCUT2D eigenvalue weighted by atomic mass is 9.82. The molecule has 1 rings (SSSR count). The normalized spacial score (nSPS) is 11.5. The molecule has 0 aliphatic rings. The van der Waals surface area contributed by atoms with E-state index in [9.17, 15) is 14.4 Å². The second kappa shape index (κ2) is 9.39. The molecule has 0 heterocycles. The Bertz CT molecular complexity index is 677. The summed E-state index contributed by atoms with van der Waals surface area (Å²) < 4.78 is 10.0. The van der Waals surface area contributed by atoms with Gasteiger partial charge < -0.3 is 20.1 Å². The third-order valence-corrected chi connectivity index (χ3v) is 3.56. The smallest absolute Gasteiger partial charge is 0.325 e. The maximum absolute atomic E-state index is 12.1. The van der Waals surface area contributed by atoms with Crippen molar-refractivity contribution in [2.75, 3.05) is 20.3 Å². The van der Waals surface area contributed by atoms with Gasteiger partial charge in [-0.3, -0.25) is 14.4 Å². The zero-order valence-electron chi connectivity index (χ0n) is 17.0. The van der Waals surface area contributed by atoms with Crippen molar-refractivity contribution in [3.8, 4) is 5.75 Å². The largest absolute Gasteiger partial charge is 0.496 e.